The average Bonchev–Trinajstić information content (AvgIpc) is 1.27. The van der Waals surface area contributed by atoms with Crippen molar-refractivity contribution < 1.29 is 22.9 Å². The van der Waals surface area contributed by atoms with Gasteiger partial charge in [-0.25, -0.2) is 0 Å². The molecular weight excluding hydrogens is 207 g/mol. The Balaban J connectivity index is -0.0000000300. The molecule has 0 heterocycles. The summed E-state index contributed by atoms with van der Waals surface area (Å²) in [5, 5.41) is 18.3. The average molecular weight is 219 g/mol. The first kappa shape index (κ1) is 32.1. The van der Waals surface area contributed by atoms with Gasteiger partial charge in [0.25, 0.3) is 0 Å². The molecule has 0 saturated heterocycles. The van der Waals surface area contributed by atoms with Crippen LogP contribution in [-0.2, 0) is 14.9 Å². The molecule has 0 unspecified atom stereocenters. The summed E-state index contributed by atoms with van der Waals surface area (Å²) in [6, 6.07) is 0. The van der Waals surface area contributed by atoms with Gasteiger partial charge in [0.1, 0.15) is 0 Å². The molecule has 0 rings (SSSR count). The van der Waals surface area contributed by atoms with E-state index >= 15 is 0 Å². The second-order valence-electron chi connectivity index (χ2n) is 0.443. The van der Waals surface area contributed by atoms with Crippen molar-refractivity contribution in [3.05, 3.63) is 20.2 Å². The summed E-state index contributed by atoms with van der Waals surface area (Å²) >= 11 is -0.708. The Morgan fingerprint density at radius 3 is 1.00 bits per heavy atom. The third-order valence-electron chi connectivity index (χ3n) is 0.103. The predicted octanol–water partition coefficient (Wildman–Crippen LogP) is 0.100. The van der Waals surface area contributed by atoms with E-state index in [1.807, 2.05) is 0 Å². The molecule has 0 spiro atoms. The molecule has 0 aliphatic rings. The second-order valence-corrected chi connectivity index (χ2v) is 1.36. The number of hydrogen-bond donors (Lipinski definition) is 4. The van der Waals surface area contributed by atoms with Crippen LogP contribution in [0.5, 0.6) is 0 Å². The predicted molar refractivity (Wildman–Crippen MR) is 34.1 cm³/mol. The summed E-state index contributed by atoms with van der Waals surface area (Å²) in [6.45, 7) is 0. The van der Waals surface area contributed by atoms with Crippen LogP contribution in [0.15, 0.2) is 0 Å². The van der Waals surface area contributed by atoms with Crippen LogP contribution in [0, 0.1) is 20.2 Å². The van der Waals surface area contributed by atoms with Crippen LogP contribution in [0.1, 0.15) is 0 Å². The van der Waals surface area contributed by atoms with Gasteiger partial charge < -0.3 is 24.6 Å². The van der Waals surface area contributed by atoms with Crippen LogP contribution >= 0.6 is 0 Å². The molecule has 0 radical (unpaired) electrons. The van der Waals surface area contributed by atoms with E-state index in [2.05, 4.69) is 0 Å². The number of nitrogens with zero attached hydrogens (tertiary/aromatic N) is 2. The van der Waals surface area contributed by atoms with Crippen molar-refractivity contribution in [1.29, 1.82) is 0 Å². The minimum atomic E-state index is -1.06. The van der Waals surface area contributed by atoms with Crippen LogP contribution in [0.4, 0.5) is 0 Å². The van der Waals surface area contributed by atoms with E-state index in [-0.39, 0.29) is 24.6 Å². The molecule has 0 amide bonds. The van der Waals surface area contributed by atoms with Crippen molar-refractivity contribution in [2.75, 3.05) is 0 Å². The van der Waals surface area contributed by atoms with E-state index in [0.29, 0.717) is 0 Å². The zero-order valence-electron chi connectivity index (χ0n) is 5.67. The van der Waals surface area contributed by atoms with E-state index in [0.717, 1.165) is 0 Å². The maximum absolute atomic E-state index is 9.15. The summed E-state index contributed by atoms with van der Waals surface area (Å²) in [5.41, 5.74) is 0. The van der Waals surface area contributed by atoms with Crippen LogP contribution in [0.2, 0.25) is 0 Å². The van der Waals surface area contributed by atoms with Gasteiger partial charge in [0.05, 0.1) is 0 Å². The van der Waals surface area contributed by atoms with E-state index in [1.54, 1.807) is 0 Å². The third kappa shape index (κ3) is 47.3. The minimum absolute atomic E-state index is 0. The molecule has 0 aliphatic heterocycles. The van der Waals surface area contributed by atoms with Crippen LogP contribution in [-0.4, -0.2) is 8.01 Å². The van der Waals surface area contributed by atoms with Crippen molar-refractivity contribution in [3.8, 4) is 0 Å². The van der Waals surface area contributed by atoms with Crippen molar-refractivity contribution >= 4 is 0 Å². The summed E-state index contributed by atoms with van der Waals surface area (Å²) in [5.74, 6) is 0. The van der Waals surface area contributed by atoms with Crippen LogP contribution < -0.4 is 24.6 Å². The molecule has 11 heteroatoms. The van der Waals surface area contributed by atoms with Crippen LogP contribution in [0.3, 0.4) is 0 Å². The van der Waals surface area contributed by atoms with Gasteiger partial charge >= 0.3 is 43.1 Å². The molecule has 0 bridgehead atoms. The van der Waals surface area contributed by atoms with Crippen molar-refractivity contribution in [1.82, 2.24) is 24.6 Å². The zero-order chi connectivity index (χ0) is 5.86. The molecule has 76 valence electrons. The van der Waals surface area contributed by atoms with Gasteiger partial charge in [-0.2, -0.15) is 0 Å². The Morgan fingerprint density at radius 1 is 0.818 bits per heavy atom. The molecule has 0 aromatic carbocycles. The Hall–Kier alpha value is -0.866. The van der Waals surface area contributed by atoms with E-state index in [1.165, 1.54) is 0 Å². The van der Waals surface area contributed by atoms with E-state index < -0.39 is 22.9 Å². The van der Waals surface area contributed by atoms with Gasteiger partial charge in [-0.15, -0.1) is 0 Å². The fourth-order valence-electron chi connectivity index (χ4n) is 0.0422. The SMILES string of the molecule is N.N.N.N.O=[N+]([O-])[Ni][N+](=O)[O-]. The zero-order valence-corrected chi connectivity index (χ0v) is 6.66. The number of hydrogen-bond acceptors (Lipinski definition) is 8. The Bertz CT molecular complexity index is 90.8. The van der Waals surface area contributed by atoms with Gasteiger partial charge in [0.15, 0.2) is 0 Å². The summed E-state index contributed by atoms with van der Waals surface area (Å²) in [6.07, 6.45) is 0. The fourth-order valence-corrected chi connectivity index (χ4v) is 0.174. The van der Waals surface area contributed by atoms with Crippen molar-refractivity contribution in [3.63, 3.8) is 0 Å². The van der Waals surface area contributed by atoms with Crippen molar-refractivity contribution in [2.45, 2.75) is 0 Å². The quantitative estimate of drug-likeness (QED) is 0.281. The molecule has 0 fully saturated rings. The standard InChI is InChI=1S/2NO2.4H3N.Ni/c2*2-1-3;;;;;/h;;4*1H3;. The maximum atomic E-state index is 9.15. The fraction of sp³-hybridized carbons (Fsp3) is 0. The second kappa shape index (κ2) is 16.1. The molecule has 12 N–H and O–H groups in total. The first-order chi connectivity index (χ1) is 3.13. The number of rotatable bonds is 2. The Labute approximate surface area is 68.6 Å². The first-order valence-electron chi connectivity index (χ1n) is 1.01. The summed E-state index contributed by atoms with van der Waals surface area (Å²) in [4.78, 5) is 18.3. The van der Waals surface area contributed by atoms with Gasteiger partial charge in [-0.05, 0) is 0 Å². The van der Waals surface area contributed by atoms with Crippen molar-refractivity contribution in [2.24, 2.45) is 0 Å². The molecule has 0 saturated carbocycles. The van der Waals surface area contributed by atoms with Gasteiger partial charge in [-0.1, -0.05) is 0 Å². The summed E-state index contributed by atoms with van der Waals surface area (Å²) in [7, 11) is 0. The van der Waals surface area contributed by atoms with Gasteiger partial charge in [0.2, 0.25) is 0 Å². The normalized spacial score (nSPS) is 5.45. The molecule has 0 aromatic rings. The van der Waals surface area contributed by atoms with Gasteiger partial charge in [0, 0.05) is 0 Å². The van der Waals surface area contributed by atoms with E-state index in [4.69, 9.17) is 20.2 Å². The third-order valence-corrected chi connectivity index (χ3v) is 0.426. The molecule has 11 heavy (non-hydrogen) atoms. The summed E-state index contributed by atoms with van der Waals surface area (Å²) < 4.78 is -2.12. The molecule has 0 aromatic heterocycles. The first-order valence-corrected chi connectivity index (χ1v) is 1.90. The van der Waals surface area contributed by atoms with Crippen LogP contribution in [0.25, 0.3) is 0 Å². The molecular formula is H12N6NiO4. The van der Waals surface area contributed by atoms with E-state index in [9.17, 15) is 0 Å². The number of nitro groups is 2. The Kier molecular flexibility index (Phi) is 46.8. The molecule has 10 nitrogen and oxygen atoms in total. The monoisotopic (exact) mass is 218 g/mol. The molecule has 0 atom stereocenters. The van der Waals surface area contributed by atoms with Gasteiger partial charge in [-0.3, -0.25) is 0 Å². The molecule has 0 aliphatic carbocycles. The Morgan fingerprint density at radius 2 is 1.00 bits per heavy atom. The topological polar surface area (TPSA) is 226 Å².